The molecule has 1 unspecified atom stereocenters. The second kappa shape index (κ2) is 9.80. The highest BCUT2D eigenvalue weighted by atomic mass is 16.6. The molecule has 4 rings (SSSR count). The maximum atomic E-state index is 12.9. The van der Waals surface area contributed by atoms with Crippen LogP contribution in [0, 0.1) is 0 Å². The number of carbonyl (C=O) groups is 4. The van der Waals surface area contributed by atoms with Crippen LogP contribution in [-0.2, 0) is 20.9 Å². The van der Waals surface area contributed by atoms with Crippen LogP contribution in [0.25, 0.3) is 0 Å². The summed E-state index contributed by atoms with van der Waals surface area (Å²) in [5.74, 6) is -0.842. The van der Waals surface area contributed by atoms with Gasteiger partial charge in [0.1, 0.15) is 6.04 Å². The Morgan fingerprint density at radius 3 is 2.64 bits per heavy atom. The Balaban J connectivity index is 1.35. The zero-order valence-corrected chi connectivity index (χ0v) is 19.3. The normalized spacial score (nSPS) is 21.2. The lowest BCUT2D eigenvalue weighted by Gasteiger charge is -2.37. The first-order valence-electron chi connectivity index (χ1n) is 11.8. The molecule has 178 valence electrons. The number of piperidine rings is 2. The summed E-state index contributed by atoms with van der Waals surface area (Å²) in [7, 11) is 1.80. The molecule has 0 saturated carbocycles. The van der Waals surface area contributed by atoms with E-state index >= 15 is 0 Å². The van der Waals surface area contributed by atoms with Gasteiger partial charge in [0.05, 0.1) is 6.61 Å². The minimum absolute atomic E-state index is 0.148. The summed E-state index contributed by atoms with van der Waals surface area (Å²) in [6.45, 7) is 4.51. The summed E-state index contributed by atoms with van der Waals surface area (Å²) in [5.41, 5.74) is 2.56. The van der Waals surface area contributed by atoms with Gasteiger partial charge in [-0.3, -0.25) is 19.7 Å². The Labute approximate surface area is 194 Å². The van der Waals surface area contributed by atoms with Crippen LogP contribution in [-0.4, -0.2) is 72.4 Å². The number of nitrogens with zero attached hydrogens (tertiary/aromatic N) is 3. The molecule has 2 fully saturated rings. The van der Waals surface area contributed by atoms with E-state index in [0.29, 0.717) is 25.1 Å². The molecule has 1 N–H and O–H groups in total. The predicted molar refractivity (Wildman–Crippen MR) is 122 cm³/mol. The van der Waals surface area contributed by atoms with Crippen molar-refractivity contribution in [3.05, 3.63) is 29.3 Å². The molecule has 9 nitrogen and oxygen atoms in total. The molecule has 0 radical (unpaired) electrons. The van der Waals surface area contributed by atoms with Crippen molar-refractivity contribution in [1.82, 2.24) is 15.1 Å². The molecule has 3 aliphatic rings. The number of imide groups is 1. The molecular weight excluding hydrogens is 424 g/mol. The number of nitrogens with one attached hydrogen (secondary N) is 1. The molecule has 1 aromatic carbocycles. The third kappa shape index (κ3) is 4.82. The summed E-state index contributed by atoms with van der Waals surface area (Å²) < 4.78 is 5.33. The van der Waals surface area contributed by atoms with Gasteiger partial charge in [-0.05, 0) is 49.4 Å². The minimum atomic E-state index is -0.602. The fourth-order valence-electron chi connectivity index (χ4n) is 4.82. The minimum Gasteiger partial charge on any atom is -0.449 e. The van der Waals surface area contributed by atoms with Gasteiger partial charge in [0.15, 0.2) is 0 Å². The molecular formula is C24H32N4O5. The van der Waals surface area contributed by atoms with Crippen LogP contribution in [0.5, 0.6) is 0 Å². The van der Waals surface area contributed by atoms with Crippen LogP contribution in [0.1, 0.15) is 61.4 Å². The van der Waals surface area contributed by atoms with Crippen LogP contribution in [0.15, 0.2) is 18.2 Å². The molecule has 1 aromatic rings. The molecule has 0 aromatic heterocycles. The molecule has 0 bridgehead atoms. The van der Waals surface area contributed by atoms with Crippen molar-refractivity contribution in [3.63, 3.8) is 0 Å². The maximum Gasteiger partial charge on any atom is 0.409 e. The van der Waals surface area contributed by atoms with E-state index in [9.17, 15) is 19.2 Å². The van der Waals surface area contributed by atoms with Gasteiger partial charge in [0.2, 0.25) is 11.8 Å². The molecule has 0 spiro atoms. The average Bonchev–Trinajstić information content (AvgIpc) is 3.14. The van der Waals surface area contributed by atoms with E-state index in [1.54, 1.807) is 16.8 Å². The quantitative estimate of drug-likeness (QED) is 0.521. The third-order valence-electron chi connectivity index (χ3n) is 6.90. The Morgan fingerprint density at radius 2 is 1.94 bits per heavy atom. The second-order valence-electron chi connectivity index (χ2n) is 9.04. The van der Waals surface area contributed by atoms with E-state index in [1.807, 2.05) is 18.2 Å². The van der Waals surface area contributed by atoms with Gasteiger partial charge in [-0.1, -0.05) is 13.3 Å². The van der Waals surface area contributed by atoms with E-state index in [0.717, 1.165) is 50.0 Å². The standard InChI is InChI=1S/C24H32N4O5/c1-3-4-13-33-24(32)26(2)17-9-11-27(12-10-17)18-5-6-19-16(14-18)15-28(23(19)31)20-7-8-21(29)25-22(20)30/h5-6,14,17,20H,3-4,7-13,15H2,1-2H3,(H,25,29,30). The van der Waals surface area contributed by atoms with Gasteiger partial charge in [0.25, 0.3) is 5.91 Å². The Morgan fingerprint density at radius 1 is 1.18 bits per heavy atom. The van der Waals surface area contributed by atoms with Crippen LogP contribution >= 0.6 is 0 Å². The molecule has 9 heteroatoms. The van der Waals surface area contributed by atoms with Crippen LogP contribution in [0.2, 0.25) is 0 Å². The van der Waals surface area contributed by atoms with Gasteiger partial charge in [-0.2, -0.15) is 0 Å². The van der Waals surface area contributed by atoms with Crippen molar-refractivity contribution in [2.24, 2.45) is 0 Å². The molecule has 2 saturated heterocycles. The van der Waals surface area contributed by atoms with Crippen molar-refractivity contribution in [1.29, 1.82) is 0 Å². The average molecular weight is 457 g/mol. The van der Waals surface area contributed by atoms with E-state index in [1.165, 1.54) is 0 Å². The Bertz CT molecular complexity index is 941. The van der Waals surface area contributed by atoms with Crippen LogP contribution < -0.4 is 10.2 Å². The molecule has 3 heterocycles. The zero-order chi connectivity index (χ0) is 23.5. The fourth-order valence-corrected chi connectivity index (χ4v) is 4.82. The van der Waals surface area contributed by atoms with Crippen molar-refractivity contribution in [3.8, 4) is 0 Å². The first kappa shape index (κ1) is 23.1. The number of carbonyl (C=O) groups excluding carboxylic acids is 4. The zero-order valence-electron chi connectivity index (χ0n) is 19.3. The summed E-state index contributed by atoms with van der Waals surface area (Å²) in [5, 5.41) is 2.33. The summed E-state index contributed by atoms with van der Waals surface area (Å²) in [4.78, 5) is 54.4. The van der Waals surface area contributed by atoms with Crippen LogP contribution in [0.4, 0.5) is 10.5 Å². The molecule has 0 aliphatic carbocycles. The van der Waals surface area contributed by atoms with Gasteiger partial charge >= 0.3 is 6.09 Å². The molecule has 4 amide bonds. The fraction of sp³-hybridized carbons (Fsp3) is 0.583. The van der Waals surface area contributed by atoms with Gasteiger partial charge < -0.3 is 19.4 Å². The molecule has 3 aliphatic heterocycles. The molecule has 33 heavy (non-hydrogen) atoms. The predicted octanol–water partition coefficient (Wildman–Crippen LogP) is 2.28. The van der Waals surface area contributed by atoms with E-state index in [2.05, 4.69) is 17.1 Å². The number of rotatable bonds is 6. The Kier molecular flexibility index (Phi) is 6.85. The highest BCUT2D eigenvalue weighted by Gasteiger charge is 2.39. The number of fused-ring (bicyclic) bond motifs is 1. The van der Waals surface area contributed by atoms with Crippen molar-refractivity contribution >= 4 is 29.5 Å². The maximum absolute atomic E-state index is 12.9. The third-order valence-corrected chi connectivity index (χ3v) is 6.90. The lowest BCUT2D eigenvalue weighted by atomic mass is 10.0. The first-order valence-corrected chi connectivity index (χ1v) is 11.8. The number of hydrogen-bond donors (Lipinski definition) is 1. The summed E-state index contributed by atoms with van der Waals surface area (Å²) >= 11 is 0. The van der Waals surface area contributed by atoms with Crippen molar-refractivity contribution in [2.45, 2.75) is 64.1 Å². The van der Waals surface area contributed by atoms with Crippen molar-refractivity contribution < 1.29 is 23.9 Å². The van der Waals surface area contributed by atoms with E-state index < -0.39 is 11.9 Å². The van der Waals surface area contributed by atoms with E-state index in [4.69, 9.17) is 4.74 Å². The highest BCUT2D eigenvalue weighted by Crippen LogP contribution is 2.31. The topological polar surface area (TPSA) is 99.3 Å². The number of ether oxygens (including phenoxy) is 1. The second-order valence-corrected chi connectivity index (χ2v) is 9.04. The lowest BCUT2D eigenvalue weighted by Crippen LogP contribution is -2.52. The number of hydrogen-bond acceptors (Lipinski definition) is 6. The van der Waals surface area contributed by atoms with Gasteiger partial charge in [-0.25, -0.2) is 4.79 Å². The van der Waals surface area contributed by atoms with E-state index in [-0.39, 0.29) is 30.4 Å². The van der Waals surface area contributed by atoms with Crippen molar-refractivity contribution in [2.75, 3.05) is 31.6 Å². The number of amides is 4. The Hall–Kier alpha value is -3.10. The number of benzene rings is 1. The monoisotopic (exact) mass is 456 g/mol. The number of anilines is 1. The number of unbranched alkanes of at least 4 members (excludes halogenated alkanes) is 1. The lowest BCUT2D eigenvalue weighted by molar-refractivity contribution is -0.136. The van der Waals surface area contributed by atoms with Crippen LogP contribution in [0.3, 0.4) is 0 Å². The smallest absolute Gasteiger partial charge is 0.409 e. The summed E-state index contributed by atoms with van der Waals surface area (Å²) in [6.07, 6.45) is 3.91. The SMILES string of the molecule is CCCCOC(=O)N(C)C1CCN(c2ccc3c(c2)CN(C2CCC(=O)NC2=O)C3=O)CC1. The molecule has 1 atom stereocenters. The van der Waals surface area contributed by atoms with Gasteiger partial charge in [-0.15, -0.1) is 0 Å². The summed E-state index contributed by atoms with van der Waals surface area (Å²) in [6, 6.07) is 5.36. The highest BCUT2D eigenvalue weighted by molar-refractivity contribution is 6.05. The first-order chi connectivity index (χ1) is 15.9. The largest absolute Gasteiger partial charge is 0.449 e. The van der Waals surface area contributed by atoms with Gasteiger partial charge in [0, 0.05) is 50.4 Å².